The van der Waals surface area contributed by atoms with Crippen molar-refractivity contribution >= 4 is 5.91 Å². The minimum absolute atomic E-state index is 0.0879. The Kier molecular flexibility index (Phi) is 6.36. The van der Waals surface area contributed by atoms with E-state index in [0.717, 1.165) is 11.3 Å². The van der Waals surface area contributed by atoms with E-state index in [2.05, 4.69) is 5.32 Å². The molecule has 0 bridgehead atoms. The monoisotopic (exact) mass is 347 g/mol. The average molecular weight is 347 g/mol. The van der Waals surface area contributed by atoms with Crippen molar-refractivity contribution in [3.05, 3.63) is 59.9 Å². The van der Waals surface area contributed by atoms with Gasteiger partial charge in [-0.1, -0.05) is 12.1 Å². The van der Waals surface area contributed by atoms with Crippen LogP contribution in [-0.4, -0.2) is 36.9 Å². The predicted octanol–water partition coefficient (Wildman–Crippen LogP) is 2.32. The SMILES string of the molecule is COc1ccc(CC(C)(O)CNC(=O)COc2ccc(F)cc2)cc1. The molecule has 0 aliphatic heterocycles. The number of hydrogen-bond donors (Lipinski definition) is 2. The summed E-state index contributed by atoms with van der Waals surface area (Å²) in [7, 11) is 1.59. The molecule has 2 aromatic rings. The van der Waals surface area contributed by atoms with Crippen LogP contribution in [0.1, 0.15) is 12.5 Å². The van der Waals surface area contributed by atoms with Crippen LogP contribution in [0.2, 0.25) is 0 Å². The van der Waals surface area contributed by atoms with E-state index in [9.17, 15) is 14.3 Å². The van der Waals surface area contributed by atoms with E-state index in [1.54, 1.807) is 14.0 Å². The van der Waals surface area contributed by atoms with Gasteiger partial charge in [-0.25, -0.2) is 4.39 Å². The third-order valence-electron chi connectivity index (χ3n) is 3.59. The number of carbonyl (C=O) groups excluding carboxylic acids is 1. The van der Waals surface area contributed by atoms with Gasteiger partial charge in [0, 0.05) is 13.0 Å². The van der Waals surface area contributed by atoms with Crippen molar-refractivity contribution in [2.45, 2.75) is 18.9 Å². The molecule has 0 aliphatic carbocycles. The van der Waals surface area contributed by atoms with E-state index in [-0.39, 0.29) is 24.9 Å². The lowest BCUT2D eigenvalue weighted by Crippen LogP contribution is -2.43. The van der Waals surface area contributed by atoms with E-state index in [1.807, 2.05) is 24.3 Å². The van der Waals surface area contributed by atoms with Crippen LogP contribution in [0.25, 0.3) is 0 Å². The lowest BCUT2D eigenvalue weighted by atomic mass is 9.96. The highest BCUT2D eigenvalue weighted by atomic mass is 19.1. The first-order chi connectivity index (χ1) is 11.9. The molecule has 1 atom stereocenters. The molecule has 0 aromatic heterocycles. The summed E-state index contributed by atoms with van der Waals surface area (Å²) < 4.78 is 23.1. The highest BCUT2D eigenvalue weighted by Gasteiger charge is 2.22. The van der Waals surface area contributed by atoms with Crippen LogP contribution in [0.15, 0.2) is 48.5 Å². The smallest absolute Gasteiger partial charge is 0.258 e. The molecule has 25 heavy (non-hydrogen) atoms. The molecular formula is C19H22FNO4. The average Bonchev–Trinajstić information content (AvgIpc) is 2.60. The molecule has 1 amide bonds. The van der Waals surface area contributed by atoms with Crippen molar-refractivity contribution < 1.29 is 23.8 Å². The van der Waals surface area contributed by atoms with E-state index in [1.165, 1.54) is 24.3 Å². The zero-order chi connectivity index (χ0) is 18.3. The Morgan fingerprint density at radius 3 is 2.32 bits per heavy atom. The van der Waals surface area contributed by atoms with Gasteiger partial charge in [0.25, 0.3) is 5.91 Å². The molecule has 0 saturated carbocycles. The number of carbonyl (C=O) groups is 1. The molecule has 5 nitrogen and oxygen atoms in total. The van der Waals surface area contributed by atoms with Gasteiger partial charge in [0.2, 0.25) is 0 Å². The third kappa shape index (κ3) is 6.43. The second kappa shape index (κ2) is 8.48. The Hall–Kier alpha value is -2.60. The van der Waals surface area contributed by atoms with E-state index >= 15 is 0 Å². The van der Waals surface area contributed by atoms with Crippen molar-refractivity contribution in [3.63, 3.8) is 0 Å². The summed E-state index contributed by atoms with van der Waals surface area (Å²) in [5.41, 5.74) is -0.164. The van der Waals surface area contributed by atoms with Crippen molar-refractivity contribution in [2.24, 2.45) is 0 Å². The molecule has 0 fully saturated rings. The summed E-state index contributed by atoms with van der Waals surface area (Å²) in [6, 6.07) is 12.8. The van der Waals surface area contributed by atoms with Crippen LogP contribution in [0, 0.1) is 5.82 Å². The molecule has 6 heteroatoms. The Labute approximate surface area is 146 Å². The Morgan fingerprint density at radius 1 is 1.12 bits per heavy atom. The van der Waals surface area contributed by atoms with Gasteiger partial charge in [0.15, 0.2) is 6.61 Å². The molecule has 0 aliphatic rings. The van der Waals surface area contributed by atoms with Gasteiger partial charge in [0.05, 0.1) is 12.7 Å². The summed E-state index contributed by atoms with van der Waals surface area (Å²) in [6.07, 6.45) is 0.385. The number of amides is 1. The van der Waals surface area contributed by atoms with Gasteiger partial charge in [-0.05, 0) is 48.9 Å². The normalized spacial score (nSPS) is 13.0. The molecule has 1 unspecified atom stereocenters. The highest BCUT2D eigenvalue weighted by Crippen LogP contribution is 2.16. The number of hydrogen-bond acceptors (Lipinski definition) is 4. The summed E-state index contributed by atoms with van der Waals surface area (Å²) in [6.45, 7) is 1.53. The first-order valence-corrected chi connectivity index (χ1v) is 7.88. The quantitative estimate of drug-likeness (QED) is 0.769. The fraction of sp³-hybridized carbons (Fsp3) is 0.316. The summed E-state index contributed by atoms with van der Waals surface area (Å²) in [5.74, 6) is 0.418. The van der Waals surface area contributed by atoms with Crippen molar-refractivity contribution in [3.8, 4) is 11.5 Å². The number of methoxy groups -OCH3 is 1. The van der Waals surface area contributed by atoms with Gasteiger partial charge < -0.3 is 19.9 Å². The van der Waals surface area contributed by atoms with Gasteiger partial charge >= 0.3 is 0 Å². The first-order valence-electron chi connectivity index (χ1n) is 7.88. The topological polar surface area (TPSA) is 67.8 Å². The molecule has 0 radical (unpaired) electrons. The molecule has 0 saturated heterocycles. The third-order valence-corrected chi connectivity index (χ3v) is 3.59. The Balaban J connectivity index is 1.77. The molecule has 2 N–H and O–H groups in total. The number of aliphatic hydroxyl groups is 1. The zero-order valence-corrected chi connectivity index (χ0v) is 14.3. The number of benzene rings is 2. The Bertz CT molecular complexity index is 684. The van der Waals surface area contributed by atoms with Crippen LogP contribution < -0.4 is 14.8 Å². The van der Waals surface area contributed by atoms with Gasteiger partial charge in [-0.2, -0.15) is 0 Å². The lowest BCUT2D eigenvalue weighted by molar-refractivity contribution is -0.124. The fourth-order valence-corrected chi connectivity index (χ4v) is 2.27. The molecule has 2 aromatic carbocycles. The number of nitrogens with one attached hydrogen (secondary N) is 1. The van der Waals surface area contributed by atoms with Crippen LogP contribution in [-0.2, 0) is 11.2 Å². The van der Waals surface area contributed by atoms with Gasteiger partial charge in [-0.15, -0.1) is 0 Å². The number of halogens is 1. The summed E-state index contributed by atoms with van der Waals surface area (Å²) >= 11 is 0. The molecule has 134 valence electrons. The largest absolute Gasteiger partial charge is 0.497 e. The van der Waals surface area contributed by atoms with Crippen LogP contribution in [0.4, 0.5) is 4.39 Å². The Morgan fingerprint density at radius 2 is 1.72 bits per heavy atom. The second-order valence-electron chi connectivity index (χ2n) is 6.04. The van der Waals surface area contributed by atoms with E-state index in [0.29, 0.717) is 12.2 Å². The second-order valence-corrected chi connectivity index (χ2v) is 6.04. The lowest BCUT2D eigenvalue weighted by Gasteiger charge is -2.24. The number of ether oxygens (including phenoxy) is 2. The van der Waals surface area contributed by atoms with E-state index < -0.39 is 5.60 Å². The highest BCUT2D eigenvalue weighted by molar-refractivity contribution is 5.77. The standard InChI is InChI=1S/C19H22FNO4/c1-19(23,11-14-3-7-16(24-2)8-4-14)13-21-18(22)12-25-17-9-5-15(20)6-10-17/h3-10,23H,11-13H2,1-2H3,(H,21,22). The predicted molar refractivity (Wildman–Crippen MR) is 92.2 cm³/mol. The molecule has 2 rings (SSSR count). The molecular weight excluding hydrogens is 325 g/mol. The van der Waals surface area contributed by atoms with Crippen LogP contribution in [0.5, 0.6) is 11.5 Å². The van der Waals surface area contributed by atoms with Crippen LogP contribution >= 0.6 is 0 Å². The number of rotatable bonds is 8. The minimum Gasteiger partial charge on any atom is -0.497 e. The maximum absolute atomic E-state index is 12.8. The van der Waals surface area contributed by atoms with Gasteiger partial charge in [-0.3, -0.25) is 4.79 Å². The van der Waals surface area contributed by atoms with Crippen molar-refractivity contribution in [1.82, 2.24) is 5.32 Å². The molecule has 0 heterocycles. The minimum atomic E-state index is -1.10. The van der Waals surface area contributed by atoms with E-state index in [4.69, 9.17) is 9.47 Å². The van der Waals surface area contributed by atoms with Crippen molar-refractivity contribution in [2.75, 3.05) is 20.3 Å². The maximum atomic E-state index is 12.8. The van der Waals surface area contributed by atoms with Gasteiger partial charge in [0.1, 0.15) is 17.3 Å². The maximum Gasteiger partial charge on any atom is 0.258 e. The fourth-order valence-electron chi connectivity index (χ4n) is 2.27. The summed E-state index contributed by atoms with van der Waals surface area (Å²) in [5, 5.41) is 13.1. The van der Waals surface area contributed by atoms with Crippen molar-refractivity contribution in [1.29, 1.82) is 0 Å². The van der Waals surface area contributed by atoms with Crippen LogP contribution in [0.3, 0.4) is 0 Å². The zero-order valence-electron chi connectivity index (χ0n) is 14.3. The molecule has 0 spiro atoms. The first kappa shape index (κ1) is 18.7. The summed E-state index contributed by atoms with van der Waals surface area (Å²) in [4.78, 5) is 11.8.